The zero-order valence-electron chi connectivity index (χ0n) is 12.5. The number of aryl methyl sites for hydroxylation is 1. The van der Waals surface area contributed by atoms with Crippen LogP contribution in [0.15, 0.2) is 40.7 Å². The van der Waals surface area contributed by atoms with Crippen LogP contribution >= 0.6 is 11.3 Å². The summed E-state index contributed by atoms with van der Waals surface area (Å²) in [6.45, 7) is 4.48. The predicted octanol–water partition coefficient (Wildman–Crippen LogP) is 3.62. The molecule has 0 aliphatic heterocycles. The molecule has 0 amide bonds. The third kappa shape index (κ3) is 4.29. The first-order valence-corrected chi connectivity index (χ1v) is 7.73. The summed E-state index contributed by atoms with van der Waals surface area (Å²) in [6.07, 6.45) is 0. The maximum atomic E-state index is 13.6. The molecule has 3 nitrogen and oxygen atoms in total. The molecule has 1 atom stereocenters. The molecule has 0 fully saturated rings. The van der Waals surface area contributed by atoms with Crippen molar-refractivity contribution in [3.8, 4) is 0 Å². The van der Waals surface area contributed by atoms with Crippen LogP contribution < -0.4 is 10.6 Å². The Morgan fingerprint density at radius 1 is 1.38 bits per heavy atom. The Labute approximate surface area is 128 Å². The molecule has 112 valence electrons. The number of halogens is 1. The standard InChI is InChI=1S/C16H20FN3S/c1-11-6-7-13(9-15(11)17)12(2)20-16(18-3)19-10-14-5-4-8-21-14/h4-9,12H,10H2,1-3H3,(H2,18,19,20). The summed E-state index contributed by atoms with van der Waals surface area (Å²) in [4.78, 5) is 5.44. The van der Waals surface area contributed by atoms with Gasteiger partial charge < -0.3 is 10.6 Å². The molecule has 2 rings (SSSR count). The topological polar surface area (TPSA) is 36.4 Å². The lowest BCUT2D eigenvalue weighted by Crippen LogP contribution is -2.38. The highest BCUT2D eigenvalue weighted by Crippen LogP contribution is 2.16. The minimum absolute atomic E-state index is 0.0189. The molecular weight excluding hydrogens is 285 g/mol. The van der Waals surface area contributed by atoms with Crippen molar-refractivity contribution in [2.24, 2.45) is 4.99 Å². The van der Waals surface area contributed by atoms with Crippen LogP contribution in [0.1, 0.15) is 29.0 Å². The fraction of sp³-hybridized carbons (Fsp3) is 0.312. The van der Waals surface area contributed by atoms with Crippen molar-refractivity contribution in [2.45, 2.75) is 26.4 Å². The van der Waals surface area contributed by atoms with Crippen molar-refractivity contribution in [1.29, 1.82) is 0 Å². The summed E-state index contributed by atoms with van der Waals surface area (Å²) in [5.74, 6) is 0.527. The molecule has 1 unspecified atom stereocenters. The molecule has 0 bridgehead atoms. The van der Waals surface area contributed by atoms with E-state index in [0.29, 0.717) is 11.5 Å². The SMILES string of the molecule is CN=C(NCc1cccs1)NC(C)c1ccc(C)c(F)c1. The van der Waals surface area contributed by atoms with Crippen LogP contribution in [-0.2, 0) is 6.54 Å². The van der Waals surface area contributed by atoms with Gasteiger partial charge >= 0.3 is 0 Å². The Kier molecular flexibility index (Phi) is 5.33. The number of benzene rings is 1. The quantitative estimate of drug-likeness (QED) is 0.668. The predicted molar refractivity (Wildman–Crippen MR) is 87.2 cm³/mol. The van der Waals surface area contributed by atoms with Gasteiger partial charge in [-0.15, -0.1) is 11.3 Å². The highest BCUT2D eigenvalue weighted by Gasteiger charge is 2.09. The molecule has 0 spiro atoms. The van der Waals surface area contributed by atoms with Crippen LogP contribution in [0.3, 0.4) is 0 Å². The number of nitrogens with one attached hydrogen (secondary N) is 2. The molecule has 0 saturated heterocycles. The second-order valence-corrected chi connectivity index (χ2v) is 5.91. The van der Waals surface area contributed by atoms with E-state index in [1.54, 1.807) is 37.4 Å². The van der Waals surface area contributed by atoms with E-state index in [4.69, 9.17) is 0 Å². The van der Waals surface area contributed by atoms with Gasteiger partial charge in [-0.25, -0.2) is 4.39 Å². The van der Waals surface area contributed by atoms with Crippen LogP contribution in [0.4, 0.5) is 4.39 Å². The third-order valence-corrected chi connectivity index (χ3v) is 4.16. The maximum absolute atomic E-state index is 13.6. The maximum Gasteiger partial charge on any atom is 0.191 e. The summed E-state index contributed by atoms with van der Waals surface area (Å²) in [7, 11) is 1.73. The molecule has 1 aromatic heterocycles. The van der Waals surface area contributed by atoms with Crippen LogP contribution in [0.5, 0.6) is 0 Å². The van der Waals surface area contributed by atoms with E-state index in [0.717, 1.165) is 12.1 Å². The van der Waals surface area contributed by atoms with Gasteiger partial charge in [0.2, 0.25) is 0 Å². The third-order valence-electron chi connectivity index (χ3n) is 3.28. The van der Waals surface area contributed by atoms with Crippen molar-refractivity contribution in [3.63, 3.8) is 0 Å². The minimum atomic E-state index is -0.178. The number of guanidine groups is 1. The normalized spacial score (nSPS) is 13.0. The van der Waals surface area contributed by atoms with Crippen molar-refractivity contribution < 1.29 is 4.39 Å². The molecule has 2 N–H and O–H groups in total. The Hall–Kier alpha value is -1.88. The van der Waals surface area contributed by atoms with Gasteiger partial charge in [-0.3, -0.25) is 4.99 Å². The molecule has 0 radical (unpaired) electrons. The summed E-state index contributed by atoms with van der Waals surface area (Å²) >= 11 is 1.70. The molecule has 0 saturated carbocycles. The summed E-state index contributed by atoms with van der Waals surface area (Å²) in [6, 6.07) is 9.38. The van der Waals surface area contributed by atoms with Gasteiger partial charge in [-0.05, 0) is 42.5 Å². The number of rotatable bonds is 4. The van der Waals surface area contributed by atoms with Gasteiger partial charge in [-0.1, -0.05) is 18.2 Å². The Bertz CT molecular complexity index is 608. The largest absolute Gasteiger partial charge is 0.352 e. The molecule has 21 heavy (non-hydrogen) atoms. The van der Waals surface area contributed by atoms with E-state index < -0.39 is 0 Å². The zero-order chi connectivity index (χ0) is 15.2. The van der Waals surface area contributed by atoms with E-state index in [2.05, 4.69) is 21.7 Å². The highest BCUT2D eigenvalue weighted by atomic mass is 32.1. The molecule has 0 aliphatic rings. The lowest BCUT2D eigenvalue weighted by atomic mass is 10.1. The lowest BCUT2D eigenvalue weighted by molar-refractivity contribution is 0.607. The van der Waals surface area contributed by atoms with Crippen LogP contribution in [0.2, 0.25) is 0 Å². The number of hydrogen-bond donors (Lipinski definition) is 2. The first-order valence-electron chi connectivity index (χ1n) is 6.85. The Morgan fingerprint density at radius 2 is 2.19 bits per heavy atom. The van der Waals surface area contributed by atoms with Crippen LogP contribution in [-0.4, -0.2) is 13.0 Å². The molecule has 5 heteroatoms. The van der Waals surface area contributed by atoms with E-state index >= 15 is 0 Å². The van der Waals surface area contributed by atoms with Crippen molar-refractivity contribution in [3.05, 3.63) is 57.5 Å². The number of aliphatic imine (C=N–C) groups is 1. The van der Waals surface area contributed by atoms with E-state index in [1.807, 2.05) is 24.4 Å². The second kappa shape index (κ2) is 7.22. The fourth-order valence-electron chi connectivity index (χ4n) is 1.95. The van der Waals surface area contributed by atoms with Crippen LogP contribution in [0, 0.1) is 12.7 Å². The van der Waals surface area contributed by atoms with Gasteiger partial charge in [-0.2, -0.15) is 0 Å². The molecule has 1 aromatic carbocycles. The monoisotopic (exact) mass is 305 g/mol. The van der Waals surface area contributed by atoms with Gasteiger partial charge in [0.05, 0.1) is 12.6 Å². The van der Waals surface area contributed by atoms with E-state index in [1.165, 1.54) is 4.88 Å². The molecule has 2 aromatic rings. The molecule has 1 heterocycles. The van der Waals surface area contributed by atoms with Gasteiger partial charge in [0.15, 0.2) is 5.96 Å². The van der Waals surface area contributed by atoms with Crippen LogP contribution in [0.25, 0.3) is 0 Å². The second-order valence-electron chi connectivity index (χ2n) is 4.88. The molecular formula is C16H20FN3S. The lowest BCUT2D eigenvalue weighted by Gasteiger charge is -2.18. The van der Waals surface area contributed by atoms with Gasteiger partial charge in [0.1, 0.15) is 5.82 Å². The summed E-state index contributed by atoms with van der Waals surface area (Å²) in [5, 5.41) is 8.57. The Balaban J connectivity index is 1.95. The number of nitrogens with zero attached hydrogens (tertiary/aromatic N) is 1. The highest BCUT2D eigenvalue weighted by molar-refractivity contribution is 7.09. The van der Waals surface area contributed by atoms with E-state index in [9.17, 15) is 4.39 Å². The fourth-order valence-corrected chi connectivity index (χ4v) is 2.59. The minimum Gasteiger partial charge on any atom is -0.352 e. The summed E-state index contributed by atoms with van der Waals surface area (Å²) in [5.41, 5.74) is 1.56. The average Bonchev–Trinajstić information content (AvgIpc) is 2.99. The van der Waals surface area contributed by atoms with Gasteiger partial charge in [0, 0.05) is 11.9 Å². The Morgan fingerprint density at radius 3 is 2.81 bits per heavy atom. The smallest absolute Gasteiger partial charge is 0.191 e. The van der Waals surface area contributed by atoms with Crippen molar-refractivity contribution in [2.75, 3.05) is 7.05 Å². The number of hydrogen-bond acceptors (Lipinski definition) is 2. The zero-order valence-corrected chi connectivity index (χ0v) is 13.3. The summed E-state index contributed by atoms with van der Waals surface area (Å²) < 4.78 is 13.6. The van der Waals surface area contributed by atoms with E-state index in [-0.39, 0.29) is 11.9 Å². The molecule has 0 aliphatic carbocycles. The average molecular weight is 305 g/mol. The van der Waals surface area contributed by atoms with Crippen molar-refractivity contribution >= 4 is 17.3 Å². The van der Waals surface area contributed by atoms with Crippen molar-refractivity contribution in [1.82, 2.24) is 10.6 Å². The first kappa shape index (κ1) is 15.5. The first-order chi connectivity index (χ1) is 10.1. The van der Waals surface area contributed by atoms with Gasteiger partial charge in [0.25, 0.3) is 0 Å². The number of thiophene rings is 1.